The summed E-state index contributed by atoms with van der Waals surface area (Å²) in [6, 6.07) is 11.1. The zero-order chi connectivity index (χ0) is 16.8. The lowest BCUT2D eigenvalue weighted by atomic mass is 10.2. The Morgan fingerprint density at radius 1 is 1.00 bits per heavy atom. The van der Waals surface area contributed by atoms with E-state index in [0.29, 0.717) is 28.0 Å². The van der Waals surface area contributed by atoms with Crippen molar-refractivity contribution in [2.75, 3.05) is 17.2 Å². The lowest BCUT2D eigenvalue weighted by Crippen LogP contribution is -2.28. The molecule has 0 atom stereocenters. The maximum atomic E-state index is 12.3. The van der Waals surface area contributed by atoms with Gasteiger partial charge in [0.05, 0.1) is 10.6 Å². The highest BCUT2D eigenvalue weighted by atomic mass is 35.5. The van der Waals surface area contributed by atoms with E-state index in [2.05, 4.69) is 16.0 Å². The molecular weight excluding hydrogens is 337 g/mol. The molecule has 5 nitrogen and oxygen atoms in total. The molecule has 0 radical (unpaired) electrons. The van der Waals surface area contributed by atoms with E-state index in [-0.39, 0.29) is 17.5 Å². The fourth-order valence-corrected chi connectivity index (χ4v) is 2.26. The molecule has 0 heterocycles. The Morgan fingerprint density at radius 3 is 2.39 bits per heavy atom. The van der Waals surface area contributed by atoms with Gasteiger partial charge < -0.3 is 16.0 Å². The number of nitrogens with one attached hydrogen (secondary N) is 3. The van der Waals surface area contributed by atoms with Crippen LogP contribution in [0.25, 0.3) is 0 Å². The number of hydrogen-bond donors (Lipinski definition) is 3. The highest BCUT2D eigenvalue weighted by Gasteiger charge is 2.11. The predicted molar refractivity (Wildman–Crippen MR) is 93.6 cm³/mol. The molecule has 3 amide bonds. The van der Waals surface area contributed by atoms with Gasteiger partial charge in [-0.15, -0.1) is 0 Å². The number of hydrogen-bond acceptors (Lipinski definition) is 2. The number of carbonyl (C=O) groups excluding carboxylic acids is 2. The normalized spacial score (nSPS) is 10.0. The van der Waals surface area contributed by atoms with Gasteiger partial charge in [-0.2, -0.15) is 0 Å². The molecule has 0 saturated carbocycles. The fourth-order valence-electron chi connectivity index (χ4n) is 1.88. The minimum atomic E-state index is -0.382. The van der Waals surface area contributed by atoms with E-state index in [1.807, 2.05) is 6.92 Å². The smallest absolute Gasteiger partial charge is 0.319 e. The maximum absolute atomic E-state index is 12.3. The lowest BCUT2D eigenvalue weighted by molar-refractivity contribution is 0.102. The Labute approximate surface area is 144 Å². The van der Waals surface area contributed by atoms with Crippen LogP contribution < -0.4 is 16.0 Å². The van der Waals surface area contributed by atoms with Gasteiger partial charge in [-0.05, 0) is 43.3 Å². The highest BCUT2D eigenvalue weighted by Crippen LogP contribution is 2.22. The van der Waals surface area contributed by atoms with Crippen LogP contribution in [-0.2, 0) is 0 Å². The quantitative estimate of drug-likeness (QED) is 0.764. The average Bonchev–Trinajstić information content (AvgIpc) is 2.50. The first-order chi connectivity index (χ1) is 11.0. The maximum Gasteiger partial charge on any atom is 0.319 e. The van der Waals surface area contributed by atoms with Crippen LogP contribution in [0.5, 0.6) is 0 Å². The average molecular weight is 352 g/mol. The van der Waals surface area contributed by atoms with E-state index in [9.17, 15) is 9.59 Å². The molecule has 0 aliphatic rings. The molecule has 0 aromatic heterocycles. The van der Waals surface area contributed by atoms with Crippen molar-refractivity contribution in [2.45, 2.75) is 6.92 Å². The van der Waals surface area contributed by atoms with Crippen molar-refractivity contribution >= 4 is 46.5 Å². The van der Waals surface area contributed by atoms with Gasteiger partial charge in [0.25, 0.3) is 5.91 Å². The molecule has 0 fully saturated rings. The van der Waals surface area contributed by atoms with Gasteiger partial charge >= 0.3 is 6.03 Å². The summed E-state index contributed by atoms with van der Waals surface area (Å²) < 4.78 is 0. The van der Waals surface area contributed by atoms with E-state index >= 15 is 0 Å². The van der Waals surface area contributed by atoms with E-state index in [0.717, 1.165) is 0 Å². The van der Waals surface area contributed by atoms with E-state index in [1.165, 1.54) is 6.07 Å². The van der Waals surface area contributed by atoms with E-state index < -0.39 is 0 Å². The van der Waals surface area contributed by atoms with Crippen LogP contribution in [0.4, 0.5) is 16.2 Å². The Hall–Kier alpha value is -2.24. The molecule has 0 aliphatic carbocycles. The monoisotopic (exact) mass is 351 g/mol. The van der Waals surface area contributed by atoms with Crippen molar-refractivity contribution in [1.82, 2.24) is 5.32 Å². The van der Waals surface area contributed by atoms with Gasteiger partial charge in [-0.3, -0.25) is 4.79 Å². The molecule has 2 rings (SSSR count). The van der Waals surface area contributed by atoms with Crippen LogP contribution in [0.3, 0.4) is 0 Å². The summed E-state index contributed by atoms with van der Waals surface area (Å²) in [5.41, 5.74) is 1.37. The number of anilines is 2. The third-order valence-electron chi connectivity index (χ3n) is 2.89. The number of carbonyl (C=O) groups is 2. The molecule has 120 valence electrons. The third-order valence-corrected chi connectivity index (χ3v) is 3.45. The van der Waals surface area contributed by atoms with Crippen molar-refractivity contribution in [3.8, 4) is 0 Å². The van der Waals surface area contributed by atoms with Gasteiger partial charge in [0, 0.05) is 22.9 Å². The number of benzene rings is 2. The molecule has 2 aromatic carbocycles. The summed E-state index contributed by atoms with van der Waals surface area (Å²) in [5, 5.41) is 8.74. The second-order valence-corrected chi connectivity index (χ2v) is 5.49. The Morgan fingerprint density at radius 2 is 1.70 bits per heavy atom. The summed E-state index contributed by atoms with van der Waals surface area (Å²) in [4.78, 5) is 23.8. The molecule has 7 heteroatoms. The standard InChI is InChI=1S/C16H15Cl2N3O2/c1-2-19-16(23)21-12-5-3-4-11(9-12)20-15(22)13-8-10(17)6-7-14(13)18/h3-9H,2H2,1H3,(H,20,22)(H2,19,21,23). The molecule has 2 aromatic rings. The Kier molecular flexibility index (Phi) is 5.84. The third kappa shape index (κ3) is 4.87. The number of halogens is 2. The number of urea groups is 1. The largest absolute Gasteiger partial charge is 0.338 e. The minimum Gasteiger partial charge on any atom is -0.338 e. The van der Waals surface area contributed by atoms with Crippen LogP contribution in [0.1, 0.15) is 17.3 Å². The molecule has 0 unspecified atom stereocenters. The molecule has 0 spiro atoms. The summed E-state index contributed by atoms with van der Waals surface area (Å²) in [5.74, 6) is -0.382. The van der Waals surface area contributed by atoms with Gasteiger partial charge in [0.1, 0.15) is 0 Å². The second kappa shape index (κ2) is 7.85. The highest BCUT2D eigenvalue weighted by molar-refractivity contribution is 6.36. The van der Waals surface area contributed by atoms with Crippen molar-refractivity contribution in [2.24, 2.45) is 0 Å². The number of rotatable bonds is 4. The first-order valence-electron chi connectivity index (χ1n) is 6.91. The van der Waals surface area contributed by atoms with Crippen molar-refractivity contribution in [3.63, 3.8) is 0 Å². The van der Waals surface area contributed by atoms with Crippen LogP contribution in [0, 0.1) is 0 Å². The Bertz CT molecular complexity index is 735. The van der Waals surface area contributed by atoms with E-state index in [4.69, 9.17) is 23.2 Å². The summed E-state index contributed by atoms with van der Waals surface area (Å²) in [6.07, 6.45) is 0. The first kappa shape index (κ1) is 17.1. The second-order valence-electron chi connectivity index (χ2n) is 4.64. The van der Waals surface area contributed by atoms with Crippen molar-refractivity contribution < 1.29 is 9.59 Å². The van der Waals surface area contributed by atoms with Gasteiger partial charge in [0.15, 0.2) is 0 Å². The fraction of sp³-hybridized carbons (Fsp3) is 0.125. The van der Waals surface area contributed by atoms with Crippen LogP contribution in [0.15, 0.2) is 42.5 Å². The Balaban J connectivity index is 2.12. The SMILES string of the molecule is CCNC(=O)Nc1cccc(NC(=O)c2cc(Cl)ccc2Cl)c1. The molecule has 0 bridgehead atoms. The van der Waals surface area contributed by atoms with E-state index in [1.54, 1.807) is 36.4 Å². The molecular formula is C16H15Cl2N3O2. The summed E-state index contributed by atoms with van der Waals surface area (Å²) >= 11 is 11.9. The van der Waals surface area contributed by atoms with Crippen molar-refractivity contribution in [1.29, 1.82) is 0 Å². The zero-order valence-electron chi connectivity index (χ0n) is 12.3. The van der Waals surface area contributed by atoms with Crippen molar-refractivity contribution in [3.05, 3.63) is 58.1 Å². The zero-order valence-corrected chi connectivity index (χ0v) is 13.8. The minimum absolute atomic E-state index is 0.279. The summed E-state index contributed by atoms with van der Waals surface area (Å²) in [7, 11) is 0. The lowest BCUT2D eigenvalue weighted by Gasteiger charge is -2.10. The van der Waals surface area contributed by atoms with Gasteiger partial charge in [-0.25, -0.2) is 4.79 Å². The molecule has 3 N–H and O–H groups in total. The van der Waals surface area contributed by atoms with Crippen LogP contribution >= 0.6 is 23.2 Å². The number of amides is 3. The molecule has 23 heavy (non-hydrogen) atoms. The van der Waals surface area contributed by atoms with Crippen LogP contribution in [-0.4, -0.2) is 18.5 Å². The van der Waals surface area contributed by atoms with Crippen LogP contribution in [0.2, 0.25) is 10.0 Å². The predicted octanol–water partition coefficient (Wildman–Crippen LogP) is 4.39. The summed E-state index contributed by atoms with van der Waals surface area (Å²) in [6.45, 7) is 2.35. The first-order valence-corrected chi connectivity index (χ1v) is 7.66. The van der Waals surface area contributed by atoms with Gasteiger partial charge in [-0.1, -0.05) is 29.3 Å². The van der Waals surface area contributed by atoms with Gasteiger partial charge in [0.2, 0.25) is 0 Å². The topological polar surface area (TPSA) is 70.2 Å². The molecule has 0 saturated heterocycles. The molecule has 0 aliphatic heterocycles.